The summed E-state index contributed by atoms with van der Waals surface area (Å²) in [7, 11) is 13.2. The van der Waals surface area contributed by atoms with E-state index in [1.807, 2.05) is 27.7 Å². The molecule has 0 saturated heterocycles. The summed E-state index contributed by atoms with van der Waals surface area (Å²) in [5.41, 5.74) is 5.87. The molecule has 662 valence electrons. The molecule has 0 aliphatic heterocycles. The molecule has 1 unspecified atom stereocenters. The number of nitrogens with one attached hydrogen (secondary N) is 6. The number of hydrogen-bond donors (Lipinski definition) is 7. The molecule has 4 amide bonds. The Kier molecular flexibility index (Phi) is 206. The fraction of sp³-hybridized carbons (Fsp3) is 0.868. The van der Waals surface area contributed by atoms with Crippen LogP contribution in [-0.2, 0) is 85.4 Å². The van der Waals surface area contributed by atoms with Gasteiger partial charge in [0.15, 0.2) is 5.05 Å². The Labute approximate surface area is 670 Å². The zero-order chi connectivity index (χ0) is 74.9. The Morgan fingerprint density at radius 1 is 0.393 bits per heavy atom. The standard InChI is InChI=1S/C16H32N2O6.C8H17NO2.C6H14N2O.C6H13NO2.C6H13NOS.2C6H12O3.C6H12O2S.C5H11NO.11CH4/c1-14(18-16(20)24-13-7-11-22-3)8-4-5-9-17-15(19)23-12-6-10-21-2;1-3-5-7-11-8(10)9-6-4-2;1-6(7)8-4-3-5-9-2;1-6(8)7-4-3-5-9-2;1-6(9)7-4-3-5-8-2;2*1-6(7)9-5-3-4-8-2;1-6(9)8-5-3-4-7-2;1-3-7-4-5(2)6;;;;;;;;;;;/h14H,4-13H2,1-3H3,(H,17,19)(H,18,20);3-7H2,1-2H3,(H,9,10);3-5H2,1-2H3,(H2,7,8);3-5H2,1-2H3,(H,7,8);3-5H2,1-2H3,(H,7,9);3*3-5H2,1-2H3;6H,3-4H2,1-2H3;11*1H4. The molecular formula is C76H180N8O21S2. The van der Waals surface area contributed by atoms with Gasteiger partial charge in [-0.05, 0) is 98.2 Å². The highest BCUT2D eigenvalue weighted by Gasteiger charge is 2.08. The summed E-state index contributed by atoms with van der Waals surface area (Å²) < 4.78 is 72.4. The molecule has 0 radical (unpaired) electrons. The number of carbonyl (C=O) groups is 6. The number of carbonyl (C=O) groups excluding carboxylic acids is 6. The third kappa shape index (κ3) is 214. The van der Waals surface area contributed by atoms with Gasteiger partial charge in [0.25, 0.3) is 0 Å². The summed E-state index contributed by atoms with van der Waals surface area (Å²) in [4.78, 5) is 68.9. The summed E-state index contributed by atoms with van der Waals surface area (Å²) in [5.74, 6) is 0.203. The van der Waals surface area contributed by atoms with E-state index in [2.05, 4.69) is 60.2 Å². The molecule has 1 atom stereocenters. The van der Waals surface area contributed by atoms with E-state index in [-0.39, 0.29) is 112 Å². The van der Waals surface area contributed by atoms with E-state index < -0.39 is 12.2 Å². The van der Waals surface area contributed by atoms with Crippen LogP contribution in [0.2, 0.25) is 0 Å². The highest BCUT2D eigenvalue weighted by atomic mass is 32.1. The number of aliphatic imine (C=N–C) groups is 1. The maximum absolute atomic E-state index is 11.5. The number of ether oxygens (including phenoxy) is 15. The summed E-state index contributed by atoms with van der Waals surface area (Å²) in [6.45, 7) is 32.5. The molecule has 0 heterocycles. The molecule has 0 fully saturated rings. The first-order valence-corrected chi connectivity index (χ1v) is 33.6. The third-order valence-corrected chi connectivity index (χ3v) is 10.2. The zero-order valence-corrected chi connectivity index (χ0v) is 64.4. The molecule has 107 heavy (non-hydrogen) atoms. The molecule has 0 aromatic rings. The van der Waals surface area contributed by atoms with Crippen LogP contribution in [0.4, 0.5) is 14.4 Å². The molecule has 0 spiro atoms. The zero-order valence-electron chi connectivity index (χ0n) is 62.7. The van der Waals surface area contributed by atoms with Crippen molar-refractivity contribution < 1.29 is 99.8 Å². The average molecular weight is 1610 g/mol. The SMILES string of the molecule is C.C.C.C.C.C.C.C.C.C.C.CCCCOC(=O)NCCC.CCOCC(C)=N.COCCCN=C(C)N.COCCCNC(C)=O.COCCCNC(C)=S.COCCCOC(=O)NCCCCC(C)NC(=O)OCCCOC.COCCCOC(C)=O.COCCCOC(C)=O.COCCCOC(C)=S. The van der Waals surface area contributed by atoms with E-state index in [4.69, 9.17) is 84.9 Å². The maximum atomic E-state index is 11.5. The average Bonchev–Trinajstić information content (AvgIpc) is 1.01. The lowest BCUT2D eigenvalue weighted by Gasteiger charge is -2.14. The largest absolute Gasteiger partial charge is 0.487 e. The first kappa shape index (κ1) is 155. The van der Waals surface area contributed by atoms with Crippen molar-refractivity contribution in [1.82, 2.24) is 26.6 Å². The fourth-order valence-corrected chi connectivity index (χ4v) is 5.58. The van der Waals surface area contributed by atoms with Crippen LogP contribution in [0.1, 0.15) is 248 Å². The number of amidine groups is 1. The van der Waals surface area contributed by atoms with Gasteiger partial charge in [0.05, 0.1) is 57.1 Å². The Balaban J connectivity index is -0.0000000450. The number of esters is 2. The molecule has 0 aliphatic rings. The minimum absolute atomic E-state index is 0. The van der Waals surface area contributed by atoms with Gasteiger partial charge >= 0.3 is 30.2 Å². The van der Waals surface area contributed by atoms with Gasteiger partial charge in [-0.15, -0.1) is 0 Å². The Bertz CT molecular complexity index is 1610. The highest BCUT2D eigenvalue weighted by Crippen LogP contribution is 2.01. The molecule has 0 aromatic carbocycles. The van der Waals surface area contributed by atoms with Gasteiger partial charge in [-0.2, -0.15) is 0 Å². The minimum atomic E-state index is -0.406. The summed E-state index contributed by atoms with van der Waals surface area (Å²) >= 11 is 9.48. The number of alkyl carbamates (subject to hydrolysis) is 3. The summed E-state index contributed by atoms with van der Waals surface area (Å²) in [6, 6.07) is 0.0286. The second-order valence-electron chi connectivity index (χ2n) is 19.9. The Morgan fingerprint density at radius 3 is 1.03 bits per heavy atom. The molecule has 8 N–H and O–H groups in total. The van der Waals surface area contributed by atoms with Crippen molar-refractivity contribution in [3.8, 4) is 0 Å². The molecule has 0 rings (SSSR count). The van der Waals surface area contributed by atoms with Crippen molar-refractivity contribution >= 4 is 82.1 Å². The van der Waals surface area contributed by atoms with Gasteiger partial charge in [-0.3, -0.25) is 19.4 Å². The summed E-state index contributed by atoms with van der Waals surface area (Å²) in [6.07, 6.45) is 11.1. The number of rotatable bonds is 46. The smallest absolute Gasteiger partial charge is 0.407 e. The van der Waals surface area contributed by atoms with E-state index in [1.54, 1.807) is 77.6 Å². The molecule has 0 saturated carbocycles. The van der Waals surface area contributed by atoms with Crippen LogP contribution in [-0.4, -0.2) is 259 Å². The van der Waals surface area contributed by atoms with Crippen LogP contribution in [0.25, 0.3) is 0 Å². The number of amides is 4. The van der Waals surface area contributed by atoms with Crippen LogP contribution >= 0.6 is 24.4 Å². The van der Waals surface area contributed by atoms with Crippen molar-refractivity contribution in [2.45, 2.75) is 254 Å². The monoisotopic (exact) mass is 1610 g/mol. The van der Waals surface area contributed by atoms with E-state index in [0.29, 0.717) is 135 Å². The number of methoxy groups -OCH3 is 8. The Hall–Kier alpha value is -5.22. The van der Waals surface area contributed by atoms with Crippen LogP contribution in [0.5, 0.6) is 0 Å². The third-order valence-electron chi connectivity index (χ3n) is 9.98. The second-order valence-corrected chi connectivity index (χ2v) is 21.0. The van der Waals surface area contributed by atoms with Crippen molar-refractivity contribution in [3.05, 3.63) is 0 Å². The van der Waals surface area contributed by atoms with Gasteiger partial charge in [0.1, 0.15) is 0 Å². The molecule has 0 aliphatic carbocycles. The van der Waals surface area contributed by atoms with Gasteiger partial charge in [0, 0.05) is 221 Å². The predicted octanol–water partition coefficient (Wildman–Crippen LogP) is 16.1. The van der Waals surface area contributed by atoms with Crippen molar-refractivity contribution in [1.29, 1.82) is 5.41 Å². The normalized spacial score (nSPS) is 8.98. The number of unbranched alkanes of at least 4 members (excludes halogenated alkanes) is 2. The van der Waals surface area contributed by atoms with E-state index in [0.717, 1.165) is 115 Å². The van der Waals surface area contributed by atoms with Crippen LogP contribution < -0.4 is 32.3 Å². The number of nitrogens with zero attached hydrogens (tertiary/aromatic N) is 1. The number of thiocarbonyl (C=S) groups is 2. The number of hydrogen-bond acceptors (Lipinski definition) is 25. The lowest BCUT2D eigenvalue weighted by Crippen LogP contribution is -2.33. The van der Waals surface area contributed by atoms with Gasteiger partial charge in [-0.25, -0.2) is 14.4 Å². The molecule has 31 heteroatoms. The summed E-state index contributed by atoms with van der Waals surface area (Å²) in [5, 5.41) is 21.3. The molecule has 0 aromatic heterocycles. The van der Waals surface area contributed by atoms with E-state index in [1.165, 1.54) is 20.8 Å². The van der Waals surface area contributed by atoms with Gasteiger partial charge < -0.3 is 109 Å². The number of nitrogens with two attached hydrogens (primary N) is 1. The molecular weight excluding hydrogens is 1430 g/mol. The van der Waals surface area contributed by atoms with Crippen molar-refractivity contribution in [3.63, 3.8) is 0 Å². The van der Waals surface area contributed by atoms with E-state index in [9.17, 15) is 28.8 Å². The maximum Gasteiger partial charge on any atom is 0.407 e. The molecule has 0 bridgehead atoms. The van der Waals surface area contributed by atoms with Crippen molar-refractivity contribution in [2.75, 3.05) is 195 Å². The first-order chi connectivity index (χ1) is 45.8. The van der Waals surface area contributed by atoms with E-state index >= 15 is 0 Å². The molecule has 29 nitrogen and oxygen atoms in total. The Morgan fingerprint density at radius 2 is 0.720 bits per heavy atom. The quantitative estimate of drug-likeness (QED) is 0.00743. The van der Waals surface area contributed by atoms with Crippen LogP contribution in [0.3, 0.4) is 0 Å². The second kappa shape index (κ2) is 143. The van der Waals surface area contributed by atoms with Gasteiger partial charge in [-0.1, -0.05) is 114 Å². The van der Waals surface area contributed by atoms with Crippen molar-refractivity contribution in [2.24, 2.45) is 10.7 Å². The lowest BCUT2D eigenvalue weighted by atomic mass is 10.1. The van der Waals surface area contributed by atoms with Gasteiger partial charge in [0.2, 0.25) is 5.91 Å². The topological polar surface area (TPSA) is 363 Å². The van der Waals surface area contributed by atoms with Crippen LogP contribution in [0.15, 0.2) is 4.99 Å². The lowest BCUT2D eigenvalue weighted by molar-refractivity contribution is -0.142. The highest BCUT2D eigenvalue weighted by molar-refractivity contribution is 7.80. The minimum Gasteiger partial charge on any atom is -0.487 e. The van der Waals surface area contributed by atoms with Crippen LogP contribution in [0, 0.1) is 5.41 Å². The fourth-order valence-electron chi connectivity index (χ4n) is 5.39. The predicted molar refractivity (Wildman–Crippen MR) is 462 cm³/mol. The first-order valence-electron chi connectivity index (χ1n) is 32.7.